The average Bonchev–Trinajstić information content (AvgIpc) is 2.62. The summed E-state index contributed by atoms with van der Waals surface area (Å²) < 4.78 is 0. The molecule has 0 bridgehead atoms. The molecule has 0 aliphatic rings. The molecular formula is C8H12N2O2S. The smallest absolute Gasteiger partial charge is 0.284 e. The molecule has 5 heteroatoms. The van der Waals surface area contributed by atoms with E-state index in [4.69, 9.17) is 4.84 Å². The maximum atomic E-state index is 11.3. The Morgan fingerprint density at radius 1 is 1.62 bits per heavy atom. The predicted molar refractivity (Wildman–Crippen MR) is 53.0 cm³/mol. The van der Waals surface area contributed by atoms with Crippen molar-refractivity contribution in [3.63, 3.8) is 0 Å². The highest BCUT2D eigenvalue weighted by Gasteiger charge is 2.07. The molecule has 0 saturated carbocycles. The Hall–Kier alpha value is -1.07. The van der Waals surface area contributed by atoms with Crippen LogP contribution in [-0.4, -0.2) is 19.6 Å². The Labute approximate surface area is 80.9 Å². The lowest BCUT2D eigenvalue weighted by Gasteiger charge is -2.00. The standard InChI is InChI=1S/C8H12N2O2S/c1-3-12-10-8(11)6-4-5-7(9-2)13-6/h4-5,9H,3H2,1-2H3,(H,10,11). The molecule has 0 unspecified atom stereocenters. The summed E-state index contributed by atoms with van der Waals surface area (Å²) in [6.07, 6.45) is 0. The van der Waals surface area contributed by atoms with Crippen LogP contribution in [0.4, 0.5) is 5.00 Å². The summed E-state index contributed by atoms with van der Waals surface area (Å²) in [5.41, 5.74) is 2.33. The summed E-state index contributed by atoms with van der Waals surface area (Å²) in [5, 5.41) is 3.92. The third-order valence-electron chi connectivity index (χ3n) is 1.39. The molecule has 2 N–H and O–H groups in total. The molecule has 0 fully saturated rings. The van der Waals surface area contributed by atoms with E-state index in [9.17, 15) is 4.79 Å². The van der Waals surface area contributed by atoms with Crippen molar-refractivity contribution in [3.8, 4) is 0 Å². The summed E-state index contributed by atoms with van der Waals surface area (Å²) in [4.78, 5) is 16.7. The molecule has 1 rings (SSSR count). The molecule has 1 amide bonds. The number of carbonyl (C=O) groups excluding carboxylic acids is 1. The van der Waals surface area contributed by atoms with Crippen molar-refractivity contribution in [3.05, 3.63) is 17.0 Å². The van der Waals surface area contributed by atoms with Crippen molar-refractivity contribution >= 4 is 22.2 Å². The van der Waals surface area contributed by atoms with E-state index in [1.807, 2.05) is 20.0 Å². The van der Waals surface area contributed by atoms with Crippen LogP contribution in [-0.2, 0) is 4.84 Å². The van der Waals surface area contributed by atoms with Crippen molar-refractivity contribution in [2.45, 2.75) is 6.92 Å². The molecule has 1 aromatic heterocycles. The number of anilines is 1. The highest BCUT2D eigenvalue weighted by atomic mass is 32.1. The quantitative estimate of drug-likeness (QED) is 0.724. The Kier molecular flexibility index (Phi) is 3.72. The fourth-order valence-corrected chi connectivity index (χ4v) is 1.53. The first-order valence-electron chi connectivity index (χ1n) is 3.97. The Morgan fingerprint density at radius 3 is 2.92 bits per heavy atom. The molecule has 1 heterocycles. The SMILES string of the molecule is CCONC(=O)c1ccc(NC)s1. The number of hydrogen-bond acceptors (Lipinski definition) is 4. The van der Waals surface area contributed by atoms with Crippen molar-refractivity contribution in [2.24, 2.45) is 0 Å². The fourth-order valence-electron chi connectivity index (χ4n) is 0.782. The highest BCUT2D eigenvalue weighted by molar-refractivity contribution is 7.17. The Balaban J connectivity index is 2.55. The van der Waals surface area contributed by atoms with Crippen LogP contribution in [0.5, 0.6) is 0 Å². The number of carbonyl (C=O) groups is 1. The van der Waals surface area contributed by atoms with Gasteiger partial charge in [-0.25, -0.2) is 5.48 Å². The molecule has 0 atom stereocenters. The lowest BCUT2D eigenvalue weighted by molar-refractivity contribution is 0.0368. The first kappa shape index (κ1) is 10.0. The number of rotatable bonds is 4. The van der Waals surface area contributed by atoms with Crippen LogP contribution in [0.1, 0.15) is 16.6 Å². The molecule has 0 spiro atoms. The lowest BCUT2D eigenvalue weighted by Crippen LogP contribution is -2.22. The summed E-state index contributed by atoms with van der Waals surface area (Å²) in [6, 6.07) is 3.61. The van der Waals surface area contributed by atoms with Crippen LogP contribution in [0.25, 0.3) is 0 Å². The zero-order valence-electron chi connectivity index (χ0n) is 7.59. The molecule has 1 aromatic rings. The van der Waals surface area contributed by atoms with Gasteiger partial charge in [-0.2, -0.15) is 0 Å². The zero-order valence-corrected chi connectivity index (χ0v) is 8.40. The summed E-state index contributed by atoms with van der Waals surface area (Å²) >= 11 is 1.39. The molecule has 0 aromatic carbocycles. The number of nitrogens with one attached hydrogen (secondary N) is 2. The third kappa shape index (κ3) is 2.71. The predicted octanol–water partition coefficient (Wildman–Crippen LogP) is 1.47. The van der Waals surface area contributed by atoms with Gasteiger partial charge in [0.05, 0.1) is 16.5 Å². The van der Waals surface area contributed by atoms with Gasteiger partial charge in [-0.1, -0.05) is 0 Å². The van der Waals surface area contributed by atoms with Crippen molar-refractivity contribution in [1.29, 1.82) is 0 Å². The summed E-state index contributed by atoms with van der Waals surface area (Å²) in [6.45, 7) is 2.28. The van der Waals surface area contributed by atoms with Crippen LogP contribution in [0.2, 0.25) is 0 Å². The zero-order chi connectivity index (χ0) is 9.68. The van der Waals surface area contributed by atoms with Gasteiger partial charge in [-0.15, -0.1) is 11.3 Å². The van der Waals surface area contributed by atoms with Gasteiger partial charge in [-0.3, -0.25) is 9.63 Å². The van der Waals surface area contributed by atoms with Gasteiger partial charge < -0.3 is 5.32 Å². The maximum absolute atomic E-state index is 11.3. The minimum Gasteiger partial charge on any atom is -0.380 e. The van der Waals surface area contributed by atoms with Crippen molar-refractivity contribution in [2.75, 3.05) is 19.0 Å². The number of thiophene rings is 1. The first-order chi connectivity index (χ1) is 6.27. The normalized spacial score (nSPS) is 9.69. The molecule has 4 nitrogen and oxygen atoms in total. The minimum absolute atomic E-state index is 0.201. The number of hydrogen-bond donors (Lipinski definition) is 2. The van der Waals surface area contributed by atoms with Crippen LogP contribution in [0.15, 0.2) is 12.1 Å². The van der Waals surface area contributed by atoms with E-state index >= 15 is 0 Å². The second-order valence-electron chi connectivity index (χ2n) is 2.28. The van der Waals surface area contributed by atoms with Crippen molar-refractivity contribution < 1.29 is 9.63 Å². The van der Waals surface area contributed by atoms with Gasteiger partial charge in [0, 0.05) is 7.05 Å². The Morgan fingerprint density at radius 2 is 2.38 bits per heavy atom. The van der Waals surface area contributed by atoms with Crippen LogP contribution in [0.3, 0.4) is 0 Å². The highest BCUT2D eigenvalue weighted by Crippen LogP contribution is 2.20. The van der Waals surface area contributed by atoms with E-state index in [-0.39, 0.29) is 5.91 Å². The van der Waals surface area contributed by atoms with Crippen molar-refractivity contribution in [1.82, 2.24) is 5.48 Å². The van der Waals surface area contributed by atoms with E-state index in [1.165, 1.54) is 11.3 Å². The minimum atomic E-state index is -0.201. The van der Waals surface area contributed by atoms with E-state index in [0.717, 1.165) is 5.00 Å². The lowest BCUT2D eigenvalue weighted by atomic mass is 10.4. The molecular weight excluding hydrogens is 188 g/mol. The Bertz CT molecular complexity index is 285. The second kappa shape index (κ2) is 4.84. The summed E-state index contributed by atoms with van der Waals surface area (Å²) in [5.74, 6) is -0.201. The largest absolute Gasteiger partial charge is 0.380 e. The molecule has 72 valence electrons. The topological polar surface area (TPSA) is 50.4 Å². The van der Waals surface area contributed by atoms with Crippen LogP contribution in [0, 0.1) is 0 Å². The van der Waals surface area contributed by atoms with E-state index in [2.05, 4.69) is 10.8 Å². The van der Waals surface area contributed by atoms with Gasteiger partial charge >= 0.3 is 0 Å². The monoisotopic (exact) mass is 200 g/mol. The van der Waals surface area contributed by atoms with Gasteiger partial charge in [0.15, 0.2) is 0 Å². The van der Waals surface area contributed by atoms with E-state index in [0.29, 0.717) is 11.5 Å². The first-order valence-corrected chi connectivity index (χ1v) is 4.79. The maximum Gasteiger partial charge on any atom is 0.284 e. The molecule has 0 aliphatic carbocycles. The average molecular weight is 200 g/mol. The van der Waals surface area contributed by atoms with E-state index in [1.54, 1.807) is 6.07 Å². The third-order valence-corrected chi connectivity index (χ3v) is 2.49. The van der Waals surface area contributed by atoms with Gasteiger partial charge in [0.2, 0.25) is 0 Å². The number of amides is 1. The molecule has 0 saturated heterocycles. The van der Waals surface area contributed by atoms with E-state index < -0.39 is 0 Å². The molecule has 0 aliphatic heterocycles. The molecule has 13 heavy (non-hydrogen) atoms. The number of hydroxylamine groups is 1. The van der Waals surface area contributed by atoms with Crippen LogP contribution < -0.4 is 10.8 Å². The fraction of sp³-hybridized carbons (Fsp3) is 0.375. The van der Waals surface area contributed by atoms with Gasteiger partial charge in [0.25, 0.3) is 5.91 Å². The summed E-state index contributed by atoms with van der Waals surface area (Å²) in [7, 11) is 1.82. The van der Waals surface area contributed by atoms with Gasteiger partial charge in [-0.05, 0) is 19.1 Å². The van der Waals surface area contributed by atoms with Gasteiger partial charge in [0.1, 0.15) is 0 Å². The molecule has 0 radical (unpaired) electrons. The van der Waals surface area contributed by atoms with Crippen LogP contribution >= 0.6 is 11.3 Å². The second-order valence-corrected chi connectivity index (χ2v) is 3.36.